The van der Waals surface area contributed by atoms with Crippen LogP contribution in [0.5, 0.6) is 0 Å². The summed E-state index contributed by atoms with van der Waals surface area (Å²) < 4.78 is 1.45. The number of halogens is 1. The number of terminal acetylenes is 1. The lowest BCUT2D eigenvalue weighted by Crippen LogP contribution is -2.30. The Balaban J connectivity index is 0.000000233. The Hall–Kier alpha value is -4.12. The second kappa shape index (κ2) is 13.8. The van der Waals surface area contributed by atoms with E-state index in [0.717, 1.165) is 17.7 Å². The highest BCUT2D eigenvalue weighted by Gasteiger charge is 2.11. The van der Waals surface area contributed by atoms with E-state index in [0.29, 0.717) is 53.2 Å². The summed E-state index contributed by atoms with van der Waals surface area (Å²) in [5.74, 6) is 3.12. The molecule has 0 saturated heterocycles. The SMILES string of the molecule is C#CCCc1nc2cc(Cl)ccc2c(=O)n1Nc1ccccc1.Cc1ccc(C(=O)NCCCN)cc1. The van der Waals surface area contributed by atoms with Crippen LogP contribution in [-0.4, -0.2) is 28.7 Å². The van der Waals surface area contributed by atoms with Crippen LogP contribution in [-0.2, 0) is 6.42 Å². The predicted molar refractivity (Wildman–Crippen MR) is 151 cm³/mol. The molecule has 0 atom stereocenters. The summed E-state index contributed by atoms with van der Waals surface area (Å²) >= 11 is 6.00. The quantitative estimate of drug-likeness (QED) is 0.236. The first-order valence-corrected chi connectivity index (χ1v) is 12.3. The molecule has 0 unspecified atom stereocenters. The van der Waals surface area contributed by atoms with Gasteiger partial charge >= 0.3 is 0 Å². The number of hydrogen-bond donors (Lipinski definition) is 3. The van der Waals surface area contributed by atoms with Crippen molar-refractivity contribution in [2.75, 3.05) is 18.5 Å². The standard InChI is InChI=1S/C18H14ClN3O.C11H16N2O/c1-2-3-9-17-20-16-12-13(19)10-11-15(16)18(23)22(17)21-14-7-5-4-6-8-14;1-9-3-5-10(6-4-9)11(14)13-8-2-7-12/h1,4-8,10-12,21H,3,9H2;3-6H,2,7-8,12H2,1H3,(H,13,14). The molecule has 0 radical (unpaired) electrons. The summed E-state index contributed by atoms with van der Waals surface area (Å²) in [5, 5.41) is 3.85. The largest absolute Gasteiger partial charge is 0.352 e. The lowest BCUT2D eigenvalue weighted by atomic mass is 10.1. The van der Waals surface area contributed by atoms with E-state index >= 15 is 0 Å². The summed E-state index contributed by atoms with van der Waals surface area (Å²) in [5.41, 5.74) is 11.5. The van der Waals surface area contributed by atoms with Gasteiger partial charge in [0.05, 0.1) is 16.6 Å². The fourth-order valence-corrected chi connectivity index (χ4v) is 3.59. The smallest absolute Gasteiger partial charge is 0.280 e. The molecular weight excluding hydrogens is 486 g/mol. The Morgan fingerprint density at radius 2 is 1.84 bits per heavy atom. The summed E-state index contributed by atoms with van der Waals surface area (Å²) in [4.78, 5) is 28.8. The minimum atomic E-state index is -0.178. The average Bonchev–Trinajstić information content (AvgIpc) is 2.90. The van der Waals surface area contributed by atoms with Crippen LogP contribution in [0.4, 0.5) is 5.69 Å². The van der Waals surface area contributed by atoms with E-state index in [9.17, 15) is 9.59 Å². The fraction of sp³-hybridized carbons (Fsp3) is 0.207. The van der Waals surface area contributed by atoms with Gasteiger partial charge in [0.25, 0.3) is 11.5 Å². The van der Waals surface area contributed by atoms with Crippen molar-refractivity contribution in [2.45, 2.75) is 26.2 Å². The fourth-order valence-electron chi connectivity index (χ4n) is 3.42. The number of carbonyl (C=O) groups excluding carboxylic acids is 1. The van der Waals surface area contributed by atoms with Crippen LogP contribution >= 0.6 is 11.6 Å². The summed E-state index contributed by atoms with van der Waals surface area (Å²) in [7, 11) is 0. The molecule has 8 heteroatoms. The van der Waals surface area contributed by atoms with E-state index < -0.39 is 0 Å². The predicted octanol–water partition coefficient (Wildman–Crippen LogP) is 4.56. The molecule has 190 valence electrons. The van der Waals surface area contributed by atoms with Gasteiger partial charge in [0.1, 0.15) is 5.82 Å². The molecular formula is C29H30ClN5O2. The lowest BCUT2D eigenvalue weighted by molar-refractivity contribution is 0.0953. The number of hydrogen-bond acceptors (Lipinski definition) is 5. The molecule has 0 bridgehead atoms. The molecule has 0 aliphatic rings. The molecule has 4 aromatic rings. The van der Waals surface area contributed by atoms with E-state index in [-0.39, 0.29) is 11.5 Å². The molecule has 0 fully saturated rings. The van der Waals surface area contributed by atoms with Gasteiger partial charge in [-0.1, -0.05) is 47.5 Å². The van der Waals surface area contributed by atoms with Gasteiger partial charge < -0.3 is 11.1 Å². The average molecular weight is 516 g/mol. The first kappa shape index (κ1) is 27.5. The highest BCUT2D eigenvalue weighted by atomic mass is 35.5. The third-order valence-electron chi connectivity index (χ3n) is 5.39. The second-order valence-electron chi connectivity index (χ2n) is 8.28. The third kappa shape index (κ3) is 7.94. The monoisotopic (exact) mass is 515 g/mol. The molecule has 0 saturated carbocycles. The number of para-hydroxylation sites is 1. The van der Waals surface area contributed by atoms with Crippen molar-refractivity contribution in [1.29, 1.82) is 0 Å². The van der Waals surface area contributed by atoms with Gasteiger partial charge in [-0.25, -0.2) is 9.66 Å². The van der Waals surface area contributed by atoms with Crippen molar-refractivity contribution >= 4 is 34.1 Å². The zero-order chi connectivity index (χ0) is 26.6. The molecule has 0 aliphatic heterocycles. The maximum Gasteiger partial charge on any atom is 0.280 e. The first-order valence-electron chi connectivity index (χ1n) is 11.9. The molecule has 7 nitrogen and oxygen atoms in total. The molecule has 0 spiro atoms. The van der Waals surface area contributed by atoms with Crippen molar-refractivity contribution < 1.29 is 4.79 Å². The number of nitrogens with two attached hydrogens (primary N) is 1. The van der Waals surface area contributed by atoms with Crippen LogP contribution in [0, 0.1) is 19.3 Å². The van der Waals surface area contributed by atoms with E-state index in [1.165, 1.54) is 4.68 Å². The van der Waals surface area contributed by atoms with Crippen LogP contribution in [0.2, 0.25) is 5.02 Å². The number of fused-ring (bicyclic) bond motifs is 1. The Morgan fingerprint density at radius 1 is 1.11 bits per heavy atom. The number of rotatable bonds is 8. The Kier molecular flexibility index (Phi) is 10.3. The minimum Gasteiger partial charge on any atom is -0.352 e. The topological polar surface area (TPSA) is 102 Å². The maximum atomic E-state index is 12.8. The van der Waals surface area contributed by atoms with Gasteiger partial charge in [0, 0.05) is 30.0 Å². The van der Waals surface area contributed by atoms with Crippen LogP contribution in [0.15, 0.2) is 77.6 Å². The van der Waals surface area contributed by atoms with Gasteiger partial charge in [-0.05, 0) is 62.4 Å². The summed E-state index contributed by atoms with van der Waals surface area (Å²) in [6.07, 6.45) is 7.15. The van der Waals surface area contributed by atoms with Gasteiger partial charge in [0.15, 0.2) is 0 Å². The molecule has 4 rings (SSSR count). The van der Waals surface area contributed by atoms with Crippen molar-refractivity contribution in [3.05, 3.63) is 105 Å². The Morgan fingerprint density at radius 3 is 2.51 bits per heavy atom. The first-order chi connectivity index (χ1) is 17.9. The number of aromatic nitrogens is 2. The van der Waals surface area contributed by atoms with E-state index in [1.54, 1.807) is 18.2 Å². The van der Waals surface area contributed by atoms with Crippen LogP contribution in [0.25, 0.3) is 10.9 Å². The van der Waals surface area contributed by atoms with Crippen molar-refractivity contribution in [3.63, 3.8) is 0 Å². The number of benzene rings is 3. The van der Waals surface area contributed by atoms with Gasteiger partial charge in [-0.15, -0.1) is 12.3 Å². The number of nitrogens with zero attached hydrogens (tertiary/aromatic N) is 2. The number of anilines is 1. The van der Waals surface area contributed by atoms with Crippen LogP contribution in [0.3, 0.4) is 0 Å². The second-order valence-corrected chi connectivity index (χ2v) is 8.71. The Labute approximate surface area is 221 Å². The number of aryl methyl sites for hydroxylation is 2. The van der Waals surface area contributed by atoms with E-state index in [1.807, 2.05) is 61.5 Å². The normalized spacial score (nSPS) is 10.2. The van der Waals surface area contributed by atoms with Crippen LogP contribution < -0.4 is 22.0 Å². The van der Waals surface area contributed by atoms with Crippen molar-refractivity contribution in [2.24, 2.45) is 5.73 Å². The third-order valence-corrected chi connectivity index (χ3v) is 5.62. The molecule has 0 aliphatic carbocycles. The summed E-state index contributed by atoms with van der Waals surface area (Å²) in [6, 6.07) is 22.0. The van der Waals surface area contributed by atoms with Crippen molar-refractivity contribution in [3.8, 4) is 12.3 Å². The molecule has 3 aromatic carbocycles. The van der Waals surface area contributed by atoms with Gasteiger partial charge in [-0.3, -0.25) is 15.0 Å². The highest BCUT2D eigenvalue weighted by molar-refractivity contribution is 6.31. The Bertz CT molecular complexity index is 1430. The van der Waals surface area contributed by atoms with E-state index in [4.69, 9.17) is 23.8 Å². The number of amides is 1. The zero-order valence-corrected chi connectivity index (χ0v) is 21.5. The molecule has 1 aromatic heterocycles. The molecule has 1 heterocycles. The molecule has 1 amide bonds. The number of nitrogens with one attached hydrogen (secondary N) is 2. The van der Waals surface area contributed by atoms with Crippen molar-refractivity contribution in [1.82, 2.24) is 15.0 Å². The maximum absolute atomic E-state index is 12.8. The van der Waals surface area contributed by atoms with Crippen LogP contribution in [0.1, 0.15) is 34.6 Å². The zero-order valence-electron chi connectivity index (χ0n) is 20.7. The minimum absolute atomic E-state index is 0.0292. The summed E-state index contributed by atoms with van der Waals surface area (Å²) in [6.45, 7) is 3.24. The van der Waals surface area contributed by atoms with E-state index in [2.05, 4.69) is 21.6 Å². The molecule has 4 N–H and O–H groups in total. The van der Waals surface area contributed by atoms with Gasteiger partial charge in [0.2, 0.25) is 0 Å². The number of carbonyl (C=O) groups is 1. The molecule has 37 heavy (non-hydrogen) atoms. The van der Waals surface area contributed by atoms with Gasteiger partial charge in [-0.2, -0.15) is 0 Å². The highest BCUT2D eigenvalue weighted by Crippen LogP contribution is 2.16. The lowest BCUT2D eigenvalue weighted by Gasteiger charge is -2.15.